The minimum absolute atomic E-state index is 0.0165. The van der Waals surface area contributed by atoms with Gasteiger partial charge in [-0.05, 0) is 25.1 Å². The van der Waals surface area contributed by atoms with E-state index >= 15 is 0 Å². The third-order valence-electron chi connectivity index (χ3n) is 3.47. The molecule has 1 aromatic carbocycles. The SMILES string of the molecule is CCOC(=O)c1cn(-c2ccc(F)cc2F)c2ncc(F)cc2c1=O. The van der Waals surface area contributed by atoms with Gasteiger partial charge in [0.05, 0.1) is 23.9 Å². The van der Waals surface area contributed by atoms with Gasteiger partial charge in [-0.2, -0.15) is 0 Å². The zero-order chi connectivity index (χ0) is 18.1. The Morgan fingerprint density at radius 3 is 2.64 bits per heavy atom. The first-order valence-corrected chi connectivity index (χ1v) is 7.26. The molecule has 0 N–H and O–H groups in total. The summed E-state index contributed by atoms with van der Waals surface area (Å²) in [6.45, 7) is 1.57. The summed E-state index contributed by atoms with van der Waals surface area (Å²) in [4.78, 5) is 28.3. The van der Waals surface area contributed by atoms with E-state index in [1.54, 1.807) is 6.92 Å². The summed E-state index contributed by atoms with van der Waals surface area (Å²) >= 11 is 0. The highest BCUT2D eigenvalue weighted by Crippen LogP contribution is 2.20. The lowest BCUT2D eigenvalue weighted by molar-refractivity contribution is 0.0524. The fourth-order valence-corrected chi connectivity index (χ4v) is 2.40. The van der Waals surface area contributed by atoms with Crippen LogP contribution in [0.15, 0.2) is 41.5 Å². The fourth-order valence-electron chi connectivity index (χ4n) is 2.40. The molecule has 0 bridgehead atoms. The lowest BCUT2D eigenvalue weighted by Gasteiger charge is -2.13. The van der Waals surface area contributed by atoms with Crippen LogP contribution in [0.25, 0.3) is 16.7 Å². The van der Waals surface area contributed by atoms with Crippen LogP contribution < -0.4 is 5.43 Å². The Balaban J connectivity index is 2.39. The molecule has 128 valence electrons. The molecule has 0 radical (unpaired) electrons. The molecular weight excluding hydrogens is 337 g/mol. The number of carbonyl (C=O) groups is 1. The summed E-state index contributed by atoms with van der Waals surface area (Å²) in [5, 5.41) is -0.228. The van der Waals surface area contributed by atoms with Gasteiger partial charge in [-0.1, -0.05) is 0 Å². The van der Waals surface area contributed by atoms with Gasteiger partial charge in [0.1, 0.15) is 28.7 Å². The highest BCUT2D eigenvalue weighted by atomic mass is 19.1. The normalized spacial score (nSPS) is 10.9. The van der Waals surface area contributed by atoms with Crippen molar-refractivity contribution >= 4 is 17.0 Å². The molecule has 0 aliphatic heterocycles. The zero-order valence-electron chi connectivity index (χ0n) is 12.9. The lowest BCUT2D eigenvalue weighted by atomic mass is 10.1. The number of nitrogens with zero attached hydrogens (tertiary/aromatic N) is 2. The molecular formula is C17H11F3N2O3. The second-order valence-electron chi connectivity index (χ2n) is 5.08. The number of pyridine rings is 2. The van der Waals surface area contributed by atoms with Crippen LogP contribution in [0.3, 0.4) is 0 Å². The number of rotatable bonds is 3. The van der Waals surface area contributed by atoms with Gasteiger partial charge < -0.3 is 4.74 Å². The number of benzene rings is 1. The summed E-state index contributed by atoms with van der Waals surface area (Å²) in [5.41, 5.74) is -1.44. The number of hydrogen-bond donors (Lipinski definition) is 0. The first-order valence-electron chi connectivity index (χ1n) is 7.26. The summed E-state index contributed by atoms with van der Waals surface area (Å²) in [7, 11) is 0. The number of fused-ring (bicyclic) bond motifs is 1. The van der Waals surface area contributed by atoms with E-state index in [2.05, 4.69) is 4.98 Å². The van der Waals surface area contributed by atoms with Gasteiger partial charge in [-0.3, -0.25) is 9.36 Å². The number of halogens is 3. The van der Waals surface area contributed by atoms with E-state index in [0.717, 1.165) is 35.2 Å². The summed E-state index contributed by atoms with van der Waals surface area (Å²) in [6, 6.07) is 3.67. The summed E-state index contributed by atoms with van der Waals surface area (Å²) in [5.74, 6) is -3.46. The molecule has 2 aromatic heterocycles. The molecule has 25 heavy (non-hydrogen) atoms. The standard InChI is InChI=1S/C17H11F3N2O3/c1-2-25-17(24)12-8-22(14-4-3-9(18)6-13(14)20)16-11(15(12)23)5-10(19)7-21-16/h3-8H,2H2,1H3. The second-order valence-corrected chi connectivity index (χ2v) is 5.08. The smallest absolute Gasteiger partial charge is 0.343 e. The van der Waals surface area contributed by atoms with Crippen molar-refractivity contribution in [2.75, 3.05) is 6.61 Å². The van der Waals surface area contributed by atoms with Crippen molar-refractivity contribution in [1.82, 2.24) is 9.55 Å². The van der Waals surface area contributed by atoms with Crippen molar-refractivity contribution in [1.29, 1.82) is 0 Å². The molecule has 0 aliphatic rings. The van der Waals surface area contributed by atoms with Crippen LogP contribution in [-0.2, 0) is 4.74 Å². The molecule has 0 saturated carbocycles. The van der Waals surface area contributed by atoms with Gasteiger partial charge in [0, 0.05) is 12.3 Å². The van der Waals surface area contributed by atoms with Crippen molar-refractivity contribution < 1.29 is 22.7 Å². The highest BCUT2D eigenvalue weighted by Gasteiger charge is 2.19. The third-order valence-corrected chi connectivity index (χ3v) is 3.47. The minimum Gasteiger partial charge on any atom is -0.462 e. The second kappa shape index (κ2) is 6.39. The molecule has 0 atom stereocenters. The van der Waals surface area contributed by atoms with E-state index in [-0.39, 0.29) is 23.3 Å². The maximum atomic E-state index is 14.2. The minimum atomic E-state index is -0.939. The topological polar surface area (TPSA) is 61.2 Å². The fraction of sp³-hybridized carbons (Fsp3) is 0.118. The van der Waals surface area contributed by atoms with Gasteiger partial charge in [-0.15, -0.1) is 0 Å². The number of ether oxygens (including phenoxy) is 1. The van der Waals surface area contributed by atoms with Crippen molar-refractivity contribution in [3.8, 4) is 5.69 Å². The number of carbonyl (C=O) groups excluding carboxylic acids is 1. The van der Waals surface area contributed by atoms with Crippen molar-refractivity contribution in [3.05, 3.63) is 69.9 Å². The number of esters is 1. The first-order chi connectivity index (χ1) is 11.9. The van der Waals surface area contributed by atoms with E-state index in [9.17, 15) is 22.8 Å². The van der Waals surface area contributed by atoms with Crippen LogP contribution in [0, 0.1) is 17.5 Å². The monoisotopic (exact) mass is 348 g/mol. The summed E-state index contributed by atoms with van der Waals surface area (Å²) in [6.07, 6.45) is 1.90. The van der Waals surface area contributed by atoms with Crippen LogP contribution in [-0.4, -0.2) is 22.1 Å². The quantitative estimate of drug-likeness (QED) is 0.683. The molecule has 2 heterocycles. The Hall–Kier alpha value is -3.16. The van der Waals surface area contributed by atoms with Crippen LogP contribution >= 0.6 is 0 Å². The molecule has 0 unspecified atom stereocenters. The van der Waals surface area contributed by atoms with Gasteiger partial charge in [-0.25, -0.2) is 22.9 Å². The molecule has 0 saturated heterocycles. The van der Waals surface area contributed by atoms with Gasteiger partial charge in [0.2, 0.25) is 5.43 Å². The molecule has 0 aliphatic carbocycles. The van der Waals surface area contributed by atoms with E-state index < -0.39 is 34.4 Å². The van der Waals surface area contributed by atoms with E-state index in [4.69, 9.17) is 4.74 Å². The molecule has 0 fully saturated rings. The Morgan fingerprint density at radius 2 is 1.96 bits per heavy atom. The lowest BCUT2D eigenvalue weighted by Crippen LogP contribution is -2.21. The molecule has 5 nitrogen and oxygen atoms in total. The van der Waals surface area contributed by atoms with Crippen molar-refractivity contribution in [2.45, 2.75) is 6.92 Å². The Kier molecular flexibility index (Phi) is 4.26. The van der Waals surface area contributed by atoms with Crippen molar-refractivity contribution in [2.24, 2.45) is 0 Å². The summed E-state index contributed by atoms with van der Waals surface area (Å²) < 4.78 is 46.7. The number of hydrogen-bond acceptors (Lipinski definition) is 4. The van der Waals surface area contributed by atoms with E-state index in [1.165, 1.54) is 0 Å². The van der Waals surface area contributed by atoms with Crippen LogP contribution in [0.1, 0.15) is 17.3 Å². The van der Waals surface area contributed by atoms with Gasteiger partial charge in [0.15, 0.2) is 0 Å². The highest BCUT2D eigenvalue weighted by molar-refractivity contribution is 5.93. The van der Waals surface area contributed by atoms with E-state index in [0.29, 0.717) is 6.07 Å². The van der Waals surface area contributed by atoms with Crippen molar-refractivity contribution in [3.63, 3.8) is 0 Å². The van der Waals surface area contributed by atoms with Gasteiger partial charge in [0.25, 0.3) is 0 Å². The molecule has 0 spiro atoms. The average molecular weight is 348 g/mol. The predicted octanol–water partition coefficient (Wildman–Crippen LogP) is 2.98. The average Bonchev–Trinajstić information content (AvgIpc) is 2.56. The van der Waals surface area contributed by atoms with E-state index in [1.807, 2.05) is 0 Å². The zero-order valence-corrected chi connectivity index (χ0v) is 12.9. The van der Waals surface area contributed by atoms with Crippen LogP contribution in [0.4, 0.5) is 13.2 Å². The first kappa shape index (κ1) is 16.7. The number of aromatic nitrogens is 2. The third kappa shape index (κ3) is 2.98. The van der Waals surface area contributed by atoms with Crippen LogP contribution in [0.2, 0.25) is 0 Å². The molecule has 0 amide bonds. The molecule has 3 rings (SSSR count). The Bertz CT molecular complexity index is 1050. The Labute approximate surface area is 139 Å². The van der Waals surface area contributed by atoms with Crippen LogP contribution in [0.5, 0.6) is 0 Å². The van der Waals surface area contributed by atoms with Gasteiger partial charge >= 0.3 is 5.97 Å². The predicted molar refractivity (Wildman–Crippen MR) is 83.2 cm³/mol. The maximum absolute atomic E-state index is 14.2. The molecule has 3 aromatic rings. The molecule has 8 heteroatoms. The largest absolute Gasteiger partial charge is 0.462 e. The maximum Gasteiger partial charge on any atom is 0.343 e. The Morgan fingerprint density at radius 1 is 1.20 bits per heavy atom.